The number of terminal acetylenes is 1. The van der Waals surface area contributed by atoms with Crippen LogP contribution in [0.2, 0.25) is 0 Å². The van der Waals surface area contributed by atoms with Crippen molar-refractivity contribution in [1.29, 1.82) is 0 Å². The highest BCUT2D eigenvalue weighted by Gasteiger charge is 2.33. The van der Waals surface area contributed by atoms with E-state index < -0.39 is 0 Å². The molecule has 5 heteroatoms. The molecule has 3 rings (SSSR count). The molecule has 27 heavy (non-hydrogen) atoms. The van der Waals surface area contributed by atoms with Gasteiger partial charge in [0.2, 0.25) is 0 Å². The lowest BCUT2D eigenvalue weighted by Gasteiger charge is -2.15. The van der Waals surface area contributed by atoms with Gasteiger partial charge in [-0.3, -0.25) is 4.79 Å². The van der Waals surface area contributed by atoms with Crippen LogP contribution in [0.1, 0.15) is 70.0 Å². The van der Waals surface area contributed by atoms with Gasteiger partial charge in [-0.2, -0.15) is 0 Å². The van der Waals surface area contributed by atoms with Crippen LogP contribution in [0.15, 0.2) is 11.0 Å². The lowest BCUT2D eigenvalue weighted by Crippen LogP contribution is -2.14. The van der Waals surface area contributed by atoms with E-state index in [2.05, 4.69) is 41.6 Å². The Morgan fingerprint density at radius 1 is 1.41 bits per heavy atom. The van der Waals surface area contributed by atoms with Gasteiger partial charge in [-0.05, 0) is 38.5 Å². The summed E-state index contributed by atoms with van der Waals surface area (Å²) in [5.41, 5.74) is 1.22. The van der Waals surface area contributed by atoms with Crippen LogP contribution in [0, 0.1) is 37.0 Å². The van der Waals surface area contributed by atoms with Crippen LogP contribution in [-0.2, 0) is 4.74 Å². The minimum atomic E-state index is -0.147. The number of hydrogen-bond donors (Lipinski definition) is 1. The molecule has 0 amide bonds. The first-order valence-corrected chi connectivity index (χ1v) is 9.74. The van der Waals surface area contributed by atoms with Crippen LogP contribution in [0.4, 0.5) is 0 Å². The third kappa shape index (κ3) is 4.10. The van der Waals surface area contributed by atoms with Gasteiger partial charge in [-0.25, -0.2) is 4.98 Å². The van der Waals surface area contributed by atoms with Crippen LogP contribution < -0.4 is 5.56 Å². The molecule has 1 fully saturated rings. The van der Waals surface area contributed by atoms with Crippen LogP contribution in [0.5, 0.6) is 0 Å². The molecule has 0 unspecified atom stereocenters. The molecule has 0 bridgehead atoms. The number of nitrogens with one attached hydrogen (secondary N) is 1. The van der Waals surface area contributed by atoms with Gasteiger partial charge in [-0.1, -0.05) is 25.7 Å². The van der Waals surface area contributed by atoms with Crippen LogP contribution in [-0.4, -0.2) is 20.6 Å². The summed E-state index contributed by atoms with van der Waals surface area (Å²) in [5.74, 6) is 10.1. The Hall–Kier alpha value is -2.50. The molecule has 0 saturated carbocycles. The molecule has 0 spiro atoms. The number of ether oxygens (including phenoxy) is 1. The third-order valence-electron chi connectivity index (χ3n) is 5.15. The summed E-state index contributed by atoms with van der Waals surface area (Å²) in [7, 11) is 0. The number of H-pyrrole nitrogens is 1. The van der Waals surface area contributed by atoms with Gasteiger partial charge in [-0.15, -0.1) is 12.3 Å². The molecule has 0 aliphatic carbocycles. The summed E-state index contributed by atoms with van der Waals surface area (Å²) in [4.78, 5) is 19.9. The summed E-state index contributed by atoms with van der Waals surface area (Å²) >= 11 is 0. The first-order valence-electron chi connectivity index (χ1n) is 9.74. The van der Waals surface area contributed by atoms with E-state index in [1.165, 1.54) is 0 Å². The van der Waals surface area contributed by atoms with Gasteiger partial charge in [0.1, 0.15) is 12.1 Å². The van der Waals surface area contributed by atoms with Crippen molar-refractivity contribution < 1.29 is 4.74 Å². The van der Waals surface area contributed by atoms with Crippen molar-refractivity contribution in [3.05, 3.63) is 27.9 Å². The fourth-order valence-corrected chi connectivity index (χ4v) is 3.72. The normalized spacial score (nSPS) is 21.8. The molecule has 0 aromatic carbocycles. The van der Waals surface area contributed by atoms with Crippen molar-refractivity contribution in [3.63, 3.8) is 0 Å². The molecule has 2 aromatic heterocycles. The number of fused-ring (bicyclic) bond motifs is 1. The molecule has 1 saturated heterocycles. The van der Waals surface area contributed by atoms with E-state index in [1.807, 2.05) is 10.8 Å². The summed E-state index contributed by atoms with van der Waals surface area (Å²) in [6.45, 7) is 6.14. The molecule has 3 heterocycles. The van der Waals surface area contributed by atoms with Gasteiger partial charge in [0, 0.05) is 19.0 Å². The smallest absolute Gasteiger partial charge is 0.261 e. The maximum Gasteiger partial charge on any atom is 0.261 e. The number of aromatic nitrogens is 3. The highest BCUT2D eigenvalue weighted by atomic mass is 16.5. The van der Waals surface area contributed by atoms with Crippen molar-refractivity contribution in [1.82, 2.24) is 14.5 Å². The second kappa shape index (κ2) is 8.46. The quantitative estimate of drug-likeness (QED) is 0.645. The maximum atomic E-state index is 12.6. The molecular formula is C22H27N3O2. The van der Waals surface area contributed by atoms with Crippen molar-refractivity contribution in [2.24, 2.45) is 5.92 Å². The molecule has 5 nitrogen and oxygen atoms in total. The molecule has 2 aromatic rings. The molecular weight excluding hydrogens is 338 g/mol. The van der Waals surface area contributed by atoms with E-state index in [-0.39, 0.29) is 17.9 Å². The van der Waals surface area contributed by atoms with Gasteiger partial charge in [0.15, 0.2) is 5.65 Å². The van der Waals surface area contributed by atoms with E-state index in [4.69, 9.17) is 11.2 Å². The minimum absolute atomic E-state index is 0.104. The summed E-state index contributed by atoms with van der Waals surface area (Å²) in [6, 6.07) is 0. The summed E-state index contributed by atoms with van der Waals surface area (Å²) in [6.07, 6.45) is 12.7. The Bertz CT molecular complexity index is 968. The van der Waals surface area contributed by atoms with Crippen LogP contribution >= 0.6 is 0 Å². The largest absolute Gasteiger partial charge is 0.354 e. The first-order chi connectivity index (χ1) is 13.0. The number of aromatic amines is 1. The number of rotatable bonds is 5. The van der Waals surface area contributed by atoms with Crippen LogP contribution in [0.25, 0.3) is 11.0 Å². The van der Waals surface area contributed by atoms with Gasteiger partial charge >= 0.3 is 0 Å². The van der Waals surface area contributed by atoms with Crippen molar-refractivity contribution >= 4 is 11.0 Å². The average molecular weight is 365 g/mol. The second-order valence-electron chi connectivity index (χ2n) is 7.26. The maximum absolute atomic E-state index is 12.6. The lowest BCUT2D eigenvalue weighted by molar-refractivity contribution is -0.00278. The molecule has 1 aliphatic rings. The molecule has 1 N–H and O–H groups in total. The first kappa shape index (κ1) is 19.3. The highest BCUT2D eigenvalue weighted by Crippen LogP contribution is 2.36. The lowest BCUT2D eigenvalue weighted by atomic mass is 10.0. The van der Waals surface area contributed by atoms with Gasteiger partial charge in [0.25, 0.3) is 5.56 Å². The topological polar surface area (TPSA) is 59.9 Å². The fraction of sp³-hybridized carbons (Fsp3) is 0.545. The molecule has 3 atom stereocenters. The molecule has 1 aliphatic heterocycles. The van der Waals surface area contributed by atoms with E-state index >= 15 is 0 Å². The van der Waals surface area contributed by atoms with Crippen molar-refractivity contribution in [2.75, 3.05) is 0 Å². The zero-order valence-corrected chi connectivity index (χ0v) is 16.3. The molecule has 0 radical (unpaired) electrons. The molecule has 142 valence electrons. The third-order valence-corrected chi connectivity index (χ3v) is 5.15. The number of unbranched alkanes of at least 4 members (excludes halogenated alkanes) is 3. The zero-order valence-electron chi connectivity index (χ0n) is 16.3. The Labute approximate surface area is 160 Å². The Morgan fingerprint density at radius 2 is 2.19 bits per heavy atom. The van der Waals surface area contributed by atoms with Crippen LogP contribution in [0.3, 0.4) is 0 Å². The predicted molar refractivity (Wildman–Crippen MR) is 107 cm³/mol. The number of hydrogen-bond acceptors (Lipinski definition) is 3. The standard InChI is InChI=1S/C22H27N3O2/c1-5-7-8-9-10-11-12-17-14-25(19-13-15(3)18(6-2)27-19)21-20(17)22(26)24-16(4)23-21/h1,14-15,18-19H,6-10,13H2,2-4H3,(H,23,24,26)/t15-,18-,19-/m1/s1. The van der Waals surface area contributed by atoms with Gasteiger partial charge < -0.3 is 14.3 Å². The zero-order chi connectivity index (χ0) is 19.4. The van der Waals surface area contributed by atoms with E-state index in [0.29, 0.717) is 28.3 Å². The summed E-state index contributed by atoms with van der Waals surface area (Å²) in [5, 5.41) is 0.549. The fourth-order valence-electron chi connectivity index (χ4n) is 3.72. The number of aryl methyl sites for hydroxylation is 1. The van der Waals surface area contributed by atoms with Crippen molar-refractivity contribution in [3.8, 4) is 24.2 Å². The van der Waals surface area contributed by atoms with Crippen molar-refractivity contribution in [2.45, 2.75) is 71.6 Å². The SMILES string of the molecule is C#CCCCCC#Cc1cn([C@H]2C[C@@H](C)[C@@H](CC)O2)c2nc(C)[nH]c(=O)c12. The average Bonchev–Trinajstić information content (AvgIpc) is 3.18. The van der Waals surface area contributed by atoms with E-state index in [0.717, 1.165) is 38.5 Å². The Kier molecular flexibility index (Phi) is 6.04. The predicted octanol–water partition coefficient (Wildman–Crippen LogP) is 3.91. The highest BCUT2D eigenvalue weighted by molar-refractivity contribution is 5.83. The Morgan fingerprint density at radius 3 is 2.89 bits per heavy atom. The Balaban J connectivity index is 1.95. The van der Waals surface area contributed by atoms with E-state index in [1.54, 1.807) is 6.92 Å². The second-order valence-corrected chi connectivity index (χ2v) is 7.26. The number of nitrogens with zero attached hydrogens (tertiary/aromatic N) is 2. The summed E-state index contributed by atoms with van der Waals surface area (Å²) < 4.78 is 8.22. The minimum Gasteiger partial charge on any atom is -0.354 e. The van der Waals surface area contributed by atoms with E-state index in [9.17, 15) is 4.79 Å². The van der Waals surface area contributed by atoms with Gasteiger partial charge in [0.05, 0.1) is 17.1 Å². The monoisotopic (exact) mass is 365 g/mol.